The summed E-state index contributed by atoms with van der Waals surface area (Å²) in [5.74, 6) is 2.41. The van der Waals surface area contributed by atoms with Crippen molar-refractivity contribution in [2.75, 3.05) is 20.3 Å². The number of hydrogen-bond acceptors (Lipinski definition) is 10. The molecule has 0 saturated heterocycles. The number of carbonyl (C=O) groups excluding carboxylic acids is 2. The Morgan fingerprint density at radius 1 is 1.02 bits per heavy atom. The van der Waals surface area contributed by atoms with Gasteiger partial charge in [0.1, 0.15) is 0 Å². The van der Waals surface area contributed by atoms with E-state index in [4.69, 9.17) is 14.2 Å². The second-order valence-electron chi connectivity index (χ2n) is 15.6. The van der Waals surface area contributed by atoms with E-state index in [1.54, 1.807) is 24.3 Å². The zero-order valence-corrected chi connectivity index (χ0v) is 29.5. The molecule has 0 aromatic heterocycles. The fraction of sp³-hybridized carbons (Fsp3) is 0.737. The highest BCUT2D eigenvalue weighted by atomic mass is 16.9. The van der Waals surface area contributed by atoms with Crippen LogP contribution in [0.15, 0.2) is 24.3 Å². The number of ether oxygens (including phenoxy) is 3. The van der Waals surface area contributed by atoms with Gasteiger partial charge in [0, 0.05) is 12.5 Å². The van der Waals surface area contributed by atoms with Gasteiger partial charge >= 0.3 is 11.9 Å². The lowest BCUT2D eigenvalue weighted by atomic mass is 9.43. The van der Waals surface area contributed by atoms with Crippen LogP contribution in [0.1, 0.15) is 103 Å². The molecule has 272 valence electrons. The average molecular weight is 686 g/mol. The molecule has 0 heterocycles. The molecule has 5 rings (SSSR count). The van der Waals surface area contributed by atoms with E-state index in [1.165, 1.54) is 13.2 Å². The predicted molar refractivity (Wildman–Crippen MR) is 182 cm³/mol. The highest BCUT2D eigenvalue weighted by Crippen LogP contribution is 2.68. The van der Waals surface area contributed by atoms with Gasteiger partial charge in [-0.25, -0.2) is 4.79 Å². The lowest BCUT2D eigenvalue weighted by Gasteiger charge is -2.62. The predicted octanol–water partition coefficient (Wildman–Crippen LogP) is 6.55. The molecule has 0 spiro atoms. The molecule has 1 unspecified atom stereocenters. The number of esters is 2. The van der Waals surface area contributed by atoms with Crippen molar-refractivity contribution in [2.24, 2.45) is 46.3 Å². The molecule has 1 aromatic carbocycles. The van der Waals surface area contributed by atoms with E-state index in [2.05, 4.69) is 25.6 Å². The van der Waals surface area contributed by atoms with Gasteiger partial charge in [0.15, 0.2) is 11.5 Å². The first-order valence-electron chi connectivity index (χ1n) is 18.2. The number of nitrogens with zero attached hydrogens (tertiary/aromatic N) is 1. The Balaban J connectivity index is 1.11. The molecule has 0 radical (unpaired) electrons. The van der Waals surface area contributed by atoms with Crippen LogP contribution < -0.4 is 9.47 Å². The highest BCUT2D eigenvalue weighted by molar-refractivity contribution is 5.87. The first-order valence-corrected chi connectivity index (χ1v) is 18.2. The van der Waals surface area contributed by atoms with Crippen LogP contribution in [0.25, 0.3) is 6.08 Å². The first-order chi connectivity index (χ1) is 23.4. The number of benzene rings is 1. The van der Waals surface area contributed by atoms with Crippen molar-refractivity contribution in [3.8, 4) is 11.5 Å². The monoisotopic (exact) mass is 685 g/mol. The fourth-order valence-corrected chi connectivity index (χ4v) is 10.5. The van der Waals surface area contributed by atoms with Crippen LogP contribution in [0.3, 0.4) is 0 Å². The summed E-state index contributed by atoms with van der Waals surface area (Å²) in [6.07, 6.45) is 12.3. The van der Waals surface area contributed by atoms with E-state index in [0.717, 1.165) is 57.8 Å². The molecule has 4 saturated carbocycles. The van der Waals surface area contributed by atoms with Crippen LogP contribution >= 0.6 is 0 Å². The fourth-order valence-electron chi connectivity index (χ4n) is 10.5. The minimum absolute atomic E-state index is 0.0447. The molecule has 0 bridgehead atoms. The second kappa shape index (κ2) is 15.8. The number of hydrogen-bond donors (Lipinski definition) is 2. The molecule has 4 fully saturated rings. The van der Waals surface area contributed by atoms with Gasteiger partial charge in [0.2, 0.25) is 0 Å². The highest BCUT2D eigenvalue weighted by Gasteiger charge is 2.62. The van der Waals surface area contributed by atoms with Crippen molar-refractivity contribution >= 4 is 18.0 Å². The van der Waals surface area contributed by atoms with Gasteiger partial charge in [-0.2, -0.15) is 0 Å². The van der Waals surface area contributed by atoms with Crippen molar-refractivity contribution in [3.63, 3.8) is 0 Å². The van der Waals surface area contributed by atoms with Crippen molar-refractivity contribution in [2.45, 2.75) is 110 Å². The number of rotatable bonds is 14. The van der Waals surface area contributed by atoms with E-state index in [-0.39, 0.29) is 42.2 Å². The van der Waals surface area contributed by atoms with Crippen LogP contribution in [-0.2, 0) is 19.2 Å². The largest absolute Gasteiger partial charge is 0.493 e. The van der Waals surface area contributed by atoms with E-state index in [1.807, 2.05) is 0 Å². The molecule has 1 aromatic rings. The zero-order valence-electron chi connectivity index (χ0n) is 29.5. The molecular weight excluding hydrogens is 630 g/mol. The lowest BCUT2D eigenvalue weighted by Crippen LogP contribution is -2.58. The molecular formula is C38H55NO10. The van der Waals surface area contributed by atoms with E-state index >= 15 is 0 Å². The van der Waals surface area contributed by atoms with Gasteiger partial charge in [-0.3, -0.25) is 4.79 Å². The van der Waals surface area contributed by atoms with Crippen LogP contribution in [0, 0.1) is 56.5 Å². The quantitative estimate of drug-likeness (QED) is 0.0550. The standard InChI is InChI=1S/C38H55NO10/c1-24(28-10-11-29-36-30(16-18-38(28,29)3)37(2)17-15-27(40)22-26(37)23-31(36)41)7-13-35(43)49-32-12-8-25(21-33(32)46-4)9-14-34(42)47-19-5-6-20-48-39(44)45/h8-9,12,14,21,24,26-31,36,40-41H,5-7,10-11,13,15-20,22-23H2,1-4H3/b14-9+/t24-,26+,27-,28-,29+,30?,31+,36+,37+,38-/m1/s1. The number of aliphatic hydroxyl groups is 2. The summed E-state index contributed by atoms with van der Waals surface area (Å²) in [6.45, 7) is 7.24. The molecule has 11 nitrogen and oxygen atoms in total. The van der Waals surface area contributed by atoms with Crippen molar-refractivity contribution in [1.82, 2.24) is 0 Å². The summed E-state index contributed by atoms with van der Waals surface area (Å²) in [6, 6.07) is 5.05. The summed E-state index contributed by atoms with van der Waals surface area (Å²) in [5.41, 5.74) is 1.02. The maximum absolute atomic E-state index is 13.0. The molecule has 49 heavy (non-hydrogen) atoms. The van der Waals surface area contributed by atoms with Crippen LogP contribution in [-0.4, -0.2) is 59.8 Å². The Morgan fingerprint density at radius 3 is 2.51 bits per heavy atom. The van der Waals surface area contributed by atoms with Gasteiger partial charge in [-0.1, -0.05) is 26.8 Å². The molecule has 0 amide bonds. The molecule has 10 atom stereocenters. The third-order valence-electron chi connectivity index (χ3n) is 13.0. The third-order valence-corrected chi connectivity index (χ3v) is 13.0. The topological polar surface area (TPSA) is 155 Å². The normalized spacial score (nSPS) is 34.3. The summed E-state index contributed by atoms with van der Waals surface area (Å²) >= 11 is 0. The van der Waals surface area contributed by atoms with Crippen molar-refractivity contribution < 1.29 is 43.9 Å². The smallest absolute Gasteiger partial charge is 0.330 e. The Kier molecular flexibility index (Phi) is 12.0. The molecule has 11 heteroatoms. The van der Waals surface area contributed by atoms with Crippen LogP contribution in [0.2, 0.25) is 0 Å². The lowest BCUT2D eigenvalue weighted by molar-refractivity contribution is -0.757. The van der Waals surface area contributed by atoms with Gasteiger partial charge in [-0.15, -0.1) is 10.1 Å². The molecule has 4 aliphatic rings. The summed E-state index contributed by atoms with van der Waals surface area (Å²) in [4.78, 5) is 39.4. The summed E-state index contributed by atoms with van der Waals surface area (Å²) in [5, 5.41) is 31.2. The first kappa shape index (κ1) is 37.1. The van der Waals surface area contributed by atoms with Gasteiger partial charge < -0.3 is 29.3 Å². The third kappa shape index (κ3) is 8.25. The van der Waals surface area contributed by atoms with Gasteiger partial charge in [-0.05, 0) is 141 Å². The SMILES string of the molecule is COc1cc(/C=C/C(=O)OCCCCO[N+](=O)[O-])ccc1OC(=O)CC[C@@H](C)[C@H]1CC[C@H]2[C@H]3C(CC[C@]12C)[C@@]1(C)CC[C@@H](O)C[C@H]1C[C@@H]3O. The minimum Gasteiger partial charge on any atom is -0.493 e. The average Bonchev–Trinajstić information content (AvgIpc) is 3.42. The Morgan fingerprint density at radius 2 is 1.76 bits per heavy atom. The number of unbranched alkanes of at least 4 members (excludes halogenated alkanes) is 1. The van der Waals surface area contributed by atoms with Crippen LogP contribution in [0.5, 0.6) is 11.5 Å². The minimum atomic E-state index is -0.853. The van der Waals surface area contributed by atoms with Gasteiger partial charge in [0.05, 0.1) is 32.5 Å². The van der Waals surface area contributed by atoms with Crippen LogP contribution in [0.4, 0.5) is 0 Å². The van der Waals surface area contributed by atoms with E-state index < -0.39 is 11.1 Å². The number of aliphatic hydroxyl groups excluding tert-OH is 2. The van der Waals surface area contributed by atoms with Gasteiger partial charge in [0.25, 0.3) is 5.09 Å². The Labute approximate surface area is 289 Å². The van der Waals surface area contributed by atoms with E-state index in [0.29, 0.717) is 71.8 Å². The van der Waals surface area contributed by atoms with Crippen molar-refractivity contribution in [1.29, 1.82) is 0 Å². The Bertz CT molecular complexity index is 1370. The molecule has 4 aliphatic carbocycles. The second-order valence-corrected chi connectivity index (χ2v) is 15.6. The van der Waals surface area contributed by atoms with E-state index in [9.17, 15) is 29.9 Å². The Hall–Kier alpha value is -3.18. The number of methoxy groups -OCH3 is 1. The molecule has 0 aliphatic heterocycles. The summed E-state index contributed by atoms with van der Waals surface area (Å²) in [7, 11) is 1.49. The maximum Gasteiger partial charge on any atom is 0.330 e. The number of fused-ring (bicyclic) bond motifs is 5. The number of carbonyl (C=O) groups is 2. The molecule has 2 N–H and O–H groups in total. The zero-order chi connectivity index (χ0) is 35.3. The summed E-state index contributed by atoms with van der Waals surface area (Å²) < 4.78 is 16.3. The van der Waals surface area contributed by atoms with Crippen molar-refractivity contribution in [3.05, 3.63) is 40.0 Å². The maximum atomic E-state index is 13.0.